The maximum absolute atomic E-state index is 12.8. The van der Waals surface area contributed by atoms with Gasteiger partial charge in [0.15, 0.2) is 0 Å². The molecule has 102 valence electrons. The molecule has 1 nitrogen and oxygen atoms in total. The predicted molar refractivity (Wildman–Crippen MR) is 72.0 cm³/mol. The van der Waals surface area contributed by atoms with Crippen molar-refractivity contribution in [1.29, 1.82) is 0 Å². The minimum absolute atomic E-state index is 0.306. The molecular formula is C16H12F3N. The number of rotatable bonds is 2. The minimum Gasteiger partial charge on any atom is -0.243 e. The second kappa shape index (κ2) is 5.38. The number of aromatic nitrogens is 1. The summed E-state index contributed by atoms with van der Waals surface area (Å²) in [7, 11) is 0. The number of nitrogens with zero attached hydrogens (tertiary/aromatic N) is 1. The molecule has 0 radical (unpaired) electrons. The fraction of sp³-hybridized carbons (Fsp3) is 0.188. The van der Waals surface area contributed by atoms with Gasteiger partial charge in [-0.2, -0.15) is 13.2 Å². The molecule has 1 heterocycles. The molecule has 0 atom stereocenters. The van der Waals surface area contributed by atoms with Gasteiger partial charge in [-0.05, 0) is 36.2 Å². The van der Waals surface area contributed by atoms with E-state index in [1.165, 1.54) is 0 Å². The number of halogens is 3. The smallest absolute Gasteiger partial charge is 0.243 e. The van der Waals surface area contributed by atoms with Gasteiger partial charge in [-0.25, -0.2) is 4.98 Å². The fourth-order valence-electron chi connectivity index (χ4n) is 1.82. The summed E-state index contributed by atoms with van der Waals surface area (Å²) in [6, 6.07) is 9.47. The maximum atomic E-state index is 12.8. The van der Waals surface area contributed by atoms with Gasteiger partial charge in [0.2, 0.25) is 0 Å². The summed E-state index contributed by atoms with van der Waals surface area (Å²) in [5.41, 5.74) is 1.33. The topological polar surface area (TPSA) is 12.9 Å². The number of benzene rings is 1. The van der Waals surface area contributed by atoms with Crippen molar-refractivity contribution >= 4 is 0 Å². The van der Waals surface area contributed by atoms with Crippen LogP contribution >= 0.6 is 0 Å². The molecule has 0 N–H and O–H groups in total. The van der Waals surface area contributed by atoms with Crippen LogP contribution in [0.15, 0.2) is 36.4 Å². The van der Waals surface area contributed by atoms with E-state index >= 15 is 0 Å². The molecule has 1 aromatic carbocycles. The molecule has 0 saturated heterocycles. The van der Waals surface area contributed by atoms with Crippen LogP contribution in [0.25, 0.3) is 11.3 Å². The number of alkyl halides is 3. The molecule has 0 saturated carbocycles. The highest BCUT2D eigenvalue weighted by Crippen LogP contribution is 2.31. The lowest BCUT2D eigenvalue weighted by molar-refractivity contribution is -0.141. The highest BCUT2D eigenvalue weighted by molar-refractivity contribution is 5.61. The molecule has 0 aliphatic heterocycles. The molecular weight excluding hydrogens is 263 g/mol. The highest BCUT2D eigenvalue weighted by atomic mass is 19.4. The van der Waals surface area contributed by atoms with Crippen LogP contribution in [0.2, 0.25) is 0 Å². The van der Waals surface area contributed by atoms with Crippen molar-refractivity contribution in [2.75, 3.05) is 0 Å². The summed E-state index contributed by atoms with van der Waals surface area (Å²) in [6.07, 6.45) is 1.32. The van der Waals surface area contributed by atoms with Crippen LogP contribution in [-0.4, -0.2) is 4.98 Å². The Labute approximate surface area is 115 Å². The SMILES string of the molecule is C#Cc1ccc(-c2cc(CC)cc(C(F)(F)F)n2)cc1. The fourth-order valence-corrected chi connectivity index (χ4v) is 1.82. The molecule has 0 spiro atoms. The Hall–Kier alpha value is -2.28. The van der Waals surface area contributed by atoms with Crippen molar-refractivity contribution in [1.82, 2.24) is 4.98 Å². The van der Waals surface area contributed by atoms with Crippen LogP contribution in [0.1, 0.15) is 23.7 Å². The van der Waals surface area contributed by atoms with Crippen molar-refractivity contribution < 1.29 is 13.2 Å². The van der Waals surface area contributed by atoms with Gasteiger partial charge < -0.3 is 0 Å². The lowest BCUT2D eigenvalue weighted by atomic mass is 10.0. The third kappa shape index (κ3) is 3.00. The van der Waals surface area contributed by atoms with E-state index in [-0.39, 0.29) is 0 Å². The first kappa shape index (κ1) is 14.1. The van der Waals surface area contributed by atoms with Gasteiger partial charge in [-0.3, -0.25) is 0 Å². The number of aryl methyl sites for hydroxylation is 1. The van der Waals surface area contributed by atoms with E-state index in [1.54, 1.807) is 37.3 Å². The van der Waals surface area contributed by atoms with Crippen molar-refractivity contribution in [2.24, 2.45) is 0 Å². The van der Waals surface area contributed by atoms with Crippen LogP contribution in [-0.2, 0) is 12.6 Å². The largest absolute Gasteiger partial charge is 0.433 e. The molecule has 0 unspecified atom stereocenters. The van der Waals surface area contributed by atoms with E-state index in [1.807, 2.05) is 0 Å². The molecule has 1 aromatic heterocycles. The molecule has 0 amide bonds. The van der Waals surface area contributed by atoms with Crippen LogP contribution in [0.4, 0.5) is 13.2 Å². The normalized spacial score (nSPS) is 11.2. The molecule has 0 aliphatic rings. The van der Waals surface area contributed by atoms with Gasteiger partial charge in [0.1, 0.15) is 5.69 Å². The highest BCUT2D eigenvalue weighted by Gasteiger charge is 2.33. The van der Waals surface area contributed by atoms with Crippen molar-refractivity contribution in [3.8, 4) is 23.6 Å². The molecule has 2 aromatic rings. The first-order chi connectivity index (χ1) is 9.44. The lowest BCUT2D eigenvalue weighted by Gasteiger charge is -2.10. The van der Waals surface area contributed by atoms with E-state index in [2.05, 4.69) is 10.9 Å². The number of hydrogen-bond acceptors (Lipinski definition) is 1. The van der Waals surface area contributed by atoms with Crippen LogP contribution in [0.5, 0.6) is 0 Å². The van der Waals surface area contributed by atoms with Crippen molar-refractivity contribution in [3.05, 3.63) is 53.2 Å². The van der Waals surface area contributed by atoms with Crippen molar-refractivity contribution in [2.45, 2.75) is 19.5 Å². The average Bonchev–Trinajstić information content (AvgIpc) is 2.46. The lowest BCUT2D eigenvalue weighted by Crippen LogP contribution is -2.09. The second-order valence-corrected chi connectivity index (χ2v) is 4.32. The third-order valence-electron chi connectivity index (χ3n) is 2.93. The second-order valence-electron chi connectivity index (χ2n) is 4.32. The number of terminal acetylenes is 1. The Balaban J connectivity index is 2.52. The van der Waals surface area contributed by atoms with Gasteiger partial charge in [-0.15, -0.1) is 6.42 Å². The van der Waals surface area contributed by atoms with E-state index in [0.29, 0.717) is 28.8 Å². The van der Waals surface area contributed by atoms with Gasteiger partial charge in [0, 0.05) is 11.1 Å². The van der Waals surface area contributed by atoms with Gasteiger partial charge in [-0.1, -0.05) is 25.0 Å². The quantitative estimate of drug-likeness (QED) is 0.744. The Kier molecular flexibility index (Phi) is 3.80. The van der Waals surface area contributed by atoms with E-state index in [9.17, 15) is 13.2 Å². The molecule has 2 rings (SSSR count). The zero-order chi connectivity index (χ0) is 14.8. The first-order valence-electron chi connectivity index (χ1n) is 6.09. The molecule has 0 fully saturated rings. The number of hydrogen-bond donors (Lipinski definition) is 0. The third-order valence-corrected chi connectivity index (χ3v) is 2.93. The Morgan fingerprint density at radius 1 is 1.15 bits per heavy atom. The average molecular weight is 275 g/mol. The molecule has 20 heavy (non-hydrogen) atoms. The van der Waals surface area contributed by atoms with Crippen LogP contribution < -0.4 is 0 Å². The summed E-state index contributed by atoms with van der Waals surface area (Å²) >= 11 is 0. The summed E-state index contributed by atoms with van der Waals surface area (Å²) in [5, 5.41) is 0. The first-order valence-corrected chi connectivity index (χ1v) is 6.09. The van der Waals surface area contributed by atoms with E-state index in [4.69, 9.17) is 6.42 Å². The zero-order valence-corrected chi connectivity index (χ0v) is 10.8. The van der Waals surface area contributed by atoms with E-state index in [0.717, 1.165) is 6.07 Å². The van der Waals surface area contributed by atoms with Crippen LogP contribution in [0, 0.1) is 12.3 Å². The van der Waals surface area contributed by atoms with Crippen LogP contribution in [0.3, 0.4) is 0 Å². The minimum atomic E-state index is -4.45. The summed E-state index contributed by atoms with van der Waals surface area (Å²) in [4.78, 5) is 3.70. The van der Waals surface area contributed by atoms with Gasteiger partial charge in [0.05, 0.1) is 5.69 Å². The molecule has 0 aliphatic carbocycles. The predicted octanol–water partition coefficient (Wildman–Crippen LogP) is 4.31. The van der Waals surface area contributed by atoms with E-state index < -0.39 is 11.9 Å². The molecule has 0 bridgehead atoms. The Morgan fingerprint density at radius 3 is 2.30 bits per heavy atom. The monoisotopic (exact) mass is 275 g/mol. The maximum Gasteiger partial charge on any atom is 0.433 e. The summed E-state index contributed by atoms with van der Waals surface area (Å²) in [6.45, 7) is 1.81. The summed E-state index contributed by atoms with van der Waals surface area (Å²) in [5.74, 6) is 2.46. The number of pyridine rings is 1. The molecule has 4 heteroatoms. The summed E-state index contributed by atoms with van der Waals surface area (Å²) < 4.78 is 38.5. The zero-order valence-electron chi connectivity index (χ0n) is 10.8. The standard InChI is InChI=1S/C16H12F3N/c1-3-11-5-7-13(8-6-11)14-9-12(4-2)10-15(20-14)16(17,18)19/h1,5-10H,4H2,2H3. The Morgan fingerprint density at radius 2 is 1.80 bits per heavy atom. The van der Waals surface area contributed by atoms with Crippen molar-refractivity contribution in [3.63, 3.8) is 0 Å². The van der Waals surface area contributed by atoms with Gasteiger partial charge in [0.25, 0.3) is 0 Å². The Bertz CT molecular complexity index is 649. The van der Waals surface area contributed by atoms with Gasteiger partial charge >= 0.3 is 6.18 Å².